The molecule has 29 heavy (non-hydrogen) atoms. The van der Waals surface area contributed by atoms with Crippen LogP contribution in [0, 0.1) is 29.9 Å². The topological polar surface area (TPSA) is 75.8 Å². The van der Waals surface area contributed by atoms with Gasteiger partial charge in [-0.1, -0.05) is 0 Å². The van der Waals surface area contributed by atoms with Gasteiger partial charge >= 0.3 is 0 Å². The molecule has 0 amide bonds. The number of nitrogens with zero attached hydrogens (tertiary/aromatic N) is 3. The molecule has 2 aromatic carbocycles. The Morgan fingerprint density at radius 1 is 1.14 bits per heavy atom. The molecule has 0 saturated heterocycles. The van der Waals surface area contributed by atoms with Crippen LogP contribution in [0.3, 0.4) is 0 Å². The van der Waals surface area contributed by atoms with E-state index in [-0.39, 0.29) is 22.4 Å². The second kappa shape index (κ2) is 7.33. The van der Waals surface area contributed by atoms with Crippen molar-refractivity contribution in [2.45, 2.75) is 18.2 Å². The highest BCUT2D eigenvalue weighted by molar-refractivity contribution is 7.90. The van der Waals surface area contributed by atoms with Crippen molar-refractivity contribution in [1.82, 2.24) is 9.78 Å². The zero-order valence-corrected chi connectivity index (χ0v) is 15.9. The zero-order valence-electron chi connectivity index (χ0n) is 15.1. The molecule has 0 saturated carbocycles. The van der Waals surface area contributed by atoms with Crippen molar-refractivity contribution in [3.63, 3.8) is 0 Å². The fraction of sp³-hybridized carbons (Fsp3) is 0.158. The van der Waals surface area contributed by atoms with Crippen LogP contribution in [0.15, 0.2) is 41.4 Å². The Morgan fingerprint density at radius 3 is 2.24 bits per heavy atom. The maximum absolute atomic E-state index is 14.3. The first-order valence-electron chi connectivity index (χ1n) is 8.11. The molecular weight excluding hydrogens is 410 g/mol. The van der Waals surface area contributed by atoms with Gasteiger partial charge in [-0.3, -0.25) is 0 Å². The summed E-state index contributed by atoms with van der Waals surface area (Å²) in [5, 5.41) is 13.1. The van der Waals surface area contributed by atoms with Crippen LogP contribution in [0.5, 0.6) is 0 Å². The minimum Gasteiger partial charge on any atom is -0.240 e. The molecule has 0 aliphatic carbocycles. The van der Waals surface area contributed by atoms with Gasteiger partial charge in [0.25, 0.3) is 6.43 Å². The number of benzene rings is 2. The van der Waals surface area contributed by atoms with Gasteiger partial charge in [-0.15, -0.1) is 0 Å². The third kappa shape index (κ3) is 3.86. The highest BCUT2D eigenvalue weighted by Gasteiger charge is 2.22. The lowest BCUT2D eigenvalue weighted by Crippen LogP contribution is -2.05. The molecule has 3 rings (SSSR count). The van der Waals surface area contributed by atoms with E-state index >= 15 is 0 Å². The zero-order chi connectivity index (χ0) is 21.5. The molecule has 0 bridgehead atoms. The van der Waals surface area contributed by atoms with Crippen LogP contribution < -0.4 is 0 Å². The van der Waals surface area contributed by atoms with Crippen molar-refractivity contribution in [3.8, 4) is 22.9 Å². The third-order valence-corrected chi connectivity index (χ3v) is 5.42. The predicted molar refractivity (Wildman–Crippen MR) is 96.4 cm³/mol. The van der Waals surface area contributed by atoms with E-state index in [1.54, 1.807) is 6.92 Å². The Balaban J connectivity index is 2.23. The summed E-state index contributed by atoms with van der Waals surface area (Å²) in [4.78, 5) is -1.05. The third-order valence-electron chi connectivity index (χ3n) is 4.29. The van der Waals surface area contributed by atoms with Gasteiger partial charge in [-0.25, -0.2) is 30.7 Å². The normalized spacial score (nSPS) is 11.7. The lowest BCUT2D eigenvalue weighted by Gasteiger charge is -2.13. The van der Waals surface area contributed by atoms with Crippen molar-refractivity contribution < 1.29 is 26.0 Å². The maximum Gasteiger partial charge on any atom is 0.282 e. The molecule has 0 unspecified atom stereocenters. The van der Waals surface area contributed by atoms with Crippen molar-refractivity contribution in [1.29, 1.82) is 5.26 Å². The minimum atomic E-state index is -4.13. The number of alkyl halides is 2. The van der Waals surface area contributed by atoms with Crippen LogP contribution in [0.4, 0.5) is 17.6 Å². The van der Waals surface area contributed by atoms with E-state index in [0.717, 1.165) is 22.9 Å². The van der Waals surface area contributed by atoms with Crippen LogP contribution in [0.2, 0.25) is 0 Å². The summed E-state index contributed by atoms with van der Waals surface area (Å²) in [6.07, 6.45) is -0.833. The number of aromatic nitrogens is 2. The highest BCUT2D eigenvalue weighted by Crippen LogP contribution is 2.32. The first-order chi connectivity index (χ1) is 13.5. The summed E-state index contributed by atoms with van der Waals surface area (Å²) >= 11 is 0. The molecule has 0 aliphatic heterocycles. The van der Waals surface area contributed by atoms with Crippen LogP contribution in [-0.2, 0) is 9.84 Å². The summed E-state index contributed by atoms with van der Waals surface area (Å²) in [6, 6.07) is 7.57. The molecule has 0 spiro atoms. The fourth-order valence-electron chi connectivity index (χ4n) is 2.92. The molecule has 1 heterocycles. The quantitative estimate of drug-likeness (QED) is 0.585. The molecule has 10 heteroatoms. The average Bonchev–Trinajstić information content (AvgIpc) is 3.10. The Labute approximate surface area is 163 Å². The van der Waals surface area contributed by atoms with Gasteiger partial charge in [0, 0.05) is 12.5 Å². The standard InChI is InChI=1S/C19H13F4N3O2S/c1-10-12(9-24)5-13(26-4-3-17(25-26)19(22)23)8-14(10)11-6-15(20)18(16(21)7-11)29(2,27)28/h3-8,19H,1-2H3. The van der Waals surface area contributed by atoms with Crippen molar-refractivity contribution in [2.75, 3.05) is 6.26 Å². The van der Waals surface area contributed by atoms with Gasteiger partial charge < -0.3 is 0 Å². The molecular formula is C19H13F4N3O2S. The lowest BCUT2D eigenvalue weighted by molar-refractivity contribution is 0.145. The van der Waals surface area contributed by atoms with E-state index in [4.69, 9.17) is 0 Å². The van der Waals surface area contributed by atoms with E-state index in [1.807, 2.05) is 6.07 Å². The molecule has 0 aliphatic rings. The Kier molecular flexibility index (Phi) is 5.19. The molecule has 3 aromatic rings. The van der Waals surface area contributed by atoms with E-state index in [0.29, 0.717) is 11.8 Å². The molecule has 0 atom stereocenters. The van der Waals surface area contributed by atoms with E-state index in [9.17, 15) is 31.2 Å². The molecule has 0 fully saturated rings. The Hall–Kier alpha value is -3.19. The predicted octanol–water partition coefficient (Wildman–Crippen LogP) is 4.34. The number of rotatable bonds is 4. The monoisotopic (exact) mass is 423 g/mol. The second-order valence-electron chi connectivity index (χ2n) is 6.30. The van der Waals surface area contributed by atoms with E-state index < -0.39 is 38.5 Å². The van der Waals surface area contributed by atoms with Crippen molar-refractivity contribution in [3.05, 3.63) is 65.0 Å². The summed E-state index contributed by atoms with van der Waals surface area (Å²) < 4.78 is 78.6. The van der Waals surface area contributed by atoms with Gasteiger partial charge in [0.2, 0.25) is 0 Å². The first kappa shape index (κ1) is 20.5. The summed E-state index contributed by atoms with van der Waals surface area (Å²) in [6.45, 7) is 1.55. The lowest BCUT2D eigenvalue weighted by atomic mass is 9.95. The number of nitriles is 1. The van der Waals surface area contributed by atoms with Crippen LogP contribution >= 0.6 is 0 Å². The fourth-order valence-corrected chi connectivity index (χ4v) is 3.74. The molecule has 0 N–H and O–H groups in total. The van der Waals surface area contributed by atoms with Gasteiger partial charge in [0.15, 0.2) is 9.84 Å². The van der Waals surface area contributed by atoms with Gasteiger partial charge in [-0.2, -0.15) is 10.4 Å². The van der Waals surface area contributed by atoms with E-state index in [1.165, 1.54) is 18.3 Å². The average molecular weight is 423 g/mol. The largest absolute Gasteiger partial charge is 0.282 e. The van der Waals surface area contributed by atoms with Gasteiger partial charge in [0.1, 0.15) is 22.2 Å². The summed E-state index contributed by atoms with van der Waals surface area (Å²) in [7, 11) is -4.13. The Morgan fingerprint density at radius 2 is 1.76 bits per heavy atom. The number of hydrogen-bond acceptors (Lipinski definition) is 4. The van der Waals surface area contributed by atoms with Crippen molar-refractivity contribution in [2.24, 2.45) is 0 Å². The van der Waals surface area contributed by atoms with Gasteiger partial charge in [0.05, 0.1) is 17.3 Å². The second-order valence-corrected chi connectivity index (χ2v) is 8.26. The first-order valence-corrected chi connectivity index (χ1v) is 10.0. The smallest absolute Gasteiger partial charge is 0.240 e. The minimum absolute atomic E-state index is 0.00973. The van der Waals surface area contributed by atoms with Crippen LogP contribution in [0.1, 0.15) is 23.2 Å². The van der Waals surface area contributed by atoms with Crippen molar-refractivity contribution >= 4 is 9.84 Å². The molecule has 5 nitrogen and oxygen atoms in total. The number of halogens is 4. The molecule has 0 radical (unpaired) electrons. The molecule has 1 aromatic heterocycles. The SMILES string of the molecule is Cc1c(C#N)cc(-n2ccc(C(F)F)n2)cc1-c1cc(F)c(S(C)(=O)=O)c(F)c1. The number of sulfone groups is 1. The van der Waals surface area contributed by atoms with Crippen LogP contribution in [0.25, 0.3) is 16.8 Å². The molecule has 150 valence electrons. The Bertz CT molecular complexity index is 1240. The number of hydrogen-bond donors (Lipinski definition) is 0. The summed E-state index contributed by atoms with van der Waals surface area (Å²) in [5.74, 6) is -2.55. The van der Waals surface area contributed by atoms with E-state index in [2.05, 4.69) is 5.10 Å². The maximum atomic E-state index is 14.3. The van der Waals surface area contributed by atoms with Gasteiger partial charge in [-0.05, 0) is 53.9 Å². The highest BCUT2D eigenvalue weighted by atomic mass is 32.2. The van der Waals surface area contributed by atoms with Crippen LogP contribution in [-0.4, -0.2) is 24.5 Å². The summed E-state index contributed by atoms with van der Waals surface area (Å²) in [5.41, 5.74) is 0.487.